The van der Waals surface area contributed by atoms with E-state index < -0.39 is 25.0 Å². The highest BCUT2D eigenvalue weighted by Crippen LogP contribution is 2.24. The zero-order chi connectivity index (χ0) is 50.5. The first kappa shape index (κ1) is 57.4. The first-order valence-corrected chi connectivity index (χ1v) is 21.5. The van der Waals surface area contributed by atoms with Crippen LogP contribution in [0, 0.1) is 0 Å². The molecule has 4 aromatic heterocycles. The number of nitrogens with zero attached hydrogens (tertiary/aromatic N) is 4. The van der Waals surface area contributed by atoms with Crippen molar-refractivity contribution >= 4 is 107 Å². The van der Waals surface area contributed by atoms with Gasteiger partial charge in [-0.1, -0.05) is 107 Å². The number of pyridine rings is 4. The number of hydrogen-bond acceptors (Lipinski definition) is 11. The summed E-state index contributed by atoms with van der Waals surface area (Å²) in [6.45, 7) is 0. The Bertz CT molecular complexity index is 2950. The molecule has 0 aliphatic carbocycles. The van der Waals surface area contributed by atoms with Gasteiger partial charge in [0.15, 0.2) is 0 Å². The van der Waals surface area contributed by atoms with Crippen LogP contribution in [-0.4, -0.2) is 83.4 Å². The van der Waals surface area contributed by atoms with Crippen LogP contribution in [-0.2, 0) is 4.74 Å². The second kappa shape index (κ2) is 29.2. The molecule has 0 saturated heterocycles. The Kier molecular flexibility index (Phi) is 23.9. The molecule has 4 heterocycles. The SMILES string of the molecule is COC(=O)c1ccnc(-c2cccc(Cl)c2)c1.Cl.O=C(O)c1ccnc(-c2cccc(Cl)c2)c1.O=C(O)c1ccnc(-c2cccc(Cl)c2)c1.O=C(O)c1ccnc(Cl)c1.OB(O)c1cccc(Cl)c1. The van der Waals surface area contributed by atoms with Crippen molar-refractivity contribution in [2.24, 2.45) is 0 Å². The quantitative estimate of drug-likeness (QED) is 0.0542. The van der Waals surface area contributed by atoms with Gasteiger partial charge in [0.25, 0.3) is 0 Å². The normalized spacial score (nSPS) is 9.71. The Morgan fingerprint density at radius 3 is 1.07 bits per heavy atom. The molecule has 0 aliphatic heterocycles. The Balaban J connectivity index is 0.000000234. The number of ether oxygens (including phenoxy) is 1. The number of esters is 1. The molecule has 14 nitrogen and oxygen atoms in total. The van der Waals surface area contributed by atoms with Gasteiger partial charge >= 0.3 is 31.0 Å². The highest BCUT2D eigenvalue weighted by Gasteiger charge is 2.11. The molecule has 0 bridgehead atoms. The maximum atomic E-state index is 11.4. The number of aromatic carboxylic acids is 3. The Labute approximate surface area is 432 Å². The zero-order valence-electron chi connectivity index (χ0n) is 36.1. The van der Waals surface area contributed by atoms with E-state index in [9.17, 15) is 19.2 Å². The lowest BCUT2D eigenvalue weighted by Crippen LogP contribution is -2.29. The van der Waals surface area contributed by atoms with Crippen LogP contribution in [0.3, 0.4) is 0 Å². The molecule has 70 heavy (non-hydrogen) atoms. The van der Waals surface area contributed by atoms with Crippen LogP contribution in [0.25, 0.3) is 33.8 Å². The lowest BCUT2D eigenvalue weighted by atomic mass is 9.81. The van der Waals surface area contributed by atoms with E-state index in [0.717, 1.165) is 16.7 Å². The molecule has 0 spiro atoms. The van der Waals surface area contributed by atoms with Gasteiger partial charge in [0.1, 0.15) is 5.15 Å². The van der Waals surface area contributed by atoms with Gasteiger partial charge in [0.2, 0.25) is 0 Å². The van der Waals surface area contributed by atoms with Gasteiger partial charge in [-0.2, -0.15) is 0 Å². The van der Waals surface area contributed by atoms with Gasteiger partial charge in [0.05, 0.1) is 46.4 Å². The van der Waals surface area contributed by atoms with Crippen molar-refractivity contribution in [2.45, 2.75) is 0 Å². The molecule has 0 saturated carbocycles. The molecule has 0 atom stereocenters. The third kappa shape index (κ3) is 19.2. The lowest BCUT2D eigenvalue weighted by molar-refractivity contribution is 0.0598. The van der Waals surface area contributed by atoms with Crippen molar-refractivity contribution in [2.75, 3.05) is 7.11 Å². The van der Waals surface area contributed by atoms with Crippen LogP contribution in [0.1, 0.15) is 41.4 Å². The van der Waals surface area contributed by atoms with E-state index in [1.807, 2.05) is 24.3 Å². The van der Waals surface area contributed by atoms with Crippen LogP contribution in [0.15, 0.2) is 170 Å². The summed E-state index contributed by atoms with van der Waals surface area (Å²) in [5.41, 5.74) is 5.81. The number of rotatable bonds is 8. The second-order valence-corrected chi connectivity index (χ2v) is 15.7. The number of carboxylic acids is 3. The van der Waals surface area contributed by atoms with E-state index in [4.69, 9.17) is 83.4 Å². The minimum Gasteiger partial charge on any atom is -0.478 e. The summed E-state index contributed by atoms with van der Waals surface area (Å²) in [7, 11) is -0.0827. The summed E-state index contributed by atoms with van der Waals surface area (Å²) >= 11 is 28.6. The number of benzene rings is 4. The highest BCUT2D eigenvalue weighted by atomic mass is 35.5. The summed E-state index contributed by atoms with van der Waals surface area (Å²) in [5, 5.41) is 46.0. The molecule has 8 rings (SSSR count). The molecule has 0 unspecified atom stereocenters. The Hall–Kier alpha value is -6.92. The van der Waals surface area contributed by atoms with Crippen LogP contribution in [0.2, 0.25) is 25.2 Å². The topological polar surface area (TPSA) is 230 Å². The third-order valence-electron chi connectivity index (χ3n) is 8.68. The van der Waals surface area contributed by atoms with E-state index in [0.29, 0.717) is 48.2 Å². The average molecular weight is 1070 g/mol. The first-order chi connectivity index (χ1) is 32.9. The van der Waals surface area contributed by atoms with Crippen molar-refractivity contribution in [3.05, 3.63) is 218 Å². The van der Waals surface area contributed by atoms with Gasteiger partial charge in [-0.05, 0) is 103 Å². The third-order valence-corrected chi connectivity index (χ3v) is 9.82. The van der Waals surface area contributed by atoms with Gasteiger partial charge in [-0.15, -0.1) is 12.4 Å². The summed E-state index contributed by atoms with van der Waals surface area (Å²) in [6.07, 6.45) is 5.87. The summed E-state index contributed by atoms with van der Waals surface area (Å²) in [5.74, 6) is -3.31. The molecule has 0 fully saturated rings. The largest absolute Gasteiger partial charge is 0.488 e. The van der Waals surface area contributed by atoms with Crippen LogP contribution in [0.4, 0.5) is 0 Å². The molecule has 0 radical (unpaired) electrons. The van der Waals surface area contributed by atoms with E-state index in [2.05, 4.69) is 24.7 Å². The average Bonchev–Trinajstić information content (AvgIpc) is 3.34. The molecular formula is C49H37BCl6N4O10. The fraction of sp³-hybridized carbons (Fsp3) is 0.0204. The van der Waals surface area contributed by atoms with E-state index in [-0.39, 0.29) is 40.2 Å². The van der Waals surface area contributed by atoms with Gasteiger partial charge in [-0.3, -0.25) is 15.0 Å². The number of halogens is 6. The number of hydrogen-bond donors (Lipinski definition) is 5. The summed E-state index contributed by atoms with van der Waals surface area (Å²) < 4.78 is 4.66. The molecular weight excluding hydrogens is 1030 g/mol. The van der Waals surface area contributed by atoms with E-state index in [1.54, 1.807) is 85.1 Å². The number of carbonyl (C=O) groups excluding carboxylic acids is 1. The predicted octanol–water partition coefficient (Wildman–Crippen LogP) is 11.3. The van der Waals surface area contributed by atoms with Crippen LogP contribution >= 0.6 is 70.4 Å². The molecule has 0 amide bonds. The highest BCUT2D eigenvalue weighted by molar-refractivity contribution is 6.59. The van der Waals surface area contributed by atoms with Gasteiger partial charge < -0.3 is 30.1 Å². The molecule has 4 aromatic carbocycles. The smallest absolute Gasteiger partial charge is 0.478 e. The standard InChI is InChI=1S/C13H10ClNO2.2C12H8ClNO2.C6H6BClO2.C6H4ClNO2.ClH/c1-17-13(16)10-5-6-15-12(8-10)9-3-2-4-11(14)7-9;2*13-10-3-1-2-8(6-10)11-7-9(12(15)16)4-5-14-11;8-6-3-1-2-5(4-6)7(9)10;7-5-3-4(6(9)10)1-2-8-5;/h2-8H,1H3;2*1-7H,(H,15,16);1-4,9-10H;1-3H,(H,9,10);1H. The number of aromatic nitrogens is 4. The number of carbonyl (C=O) groups is 4. The molecule has 358 valence electrons. The predicted molar refractivity (Wildman–Crippen MR) is 274 cm³/mol. The van der Waals surface area contributed by atoms with Gasteiger partial charge in [-0.25, -0.2) is 24.2 Å². The van der Waals surface area contributed by atoms with Crippen molar-refractivity contribution in [3.8, 4) is 33.8 Å². The molecule has 5 N–H and O–H groups in total. The lowest BCUT2D eigenvalue weighted by Gasteiger charge is -2.03. The first-order valence-electron chi connectivity index (χ1n) is 19.6. The Morgan fingerprint density at radius 2 is 0.771 bits per heavy atom. The zero-order valence-corrected chi connectivity index (χ0v) is 40.7. The van der Waals surface area contributed by atoms with Crippen molar-refractivity contribution in [1.82, 2.24) is 19.9 Å². The van der Waals surface area contributed by atoms with Crippen molar-refractivity contribution in [1.29, 1.82) is 0 Å². The van der Waals surface area contributed by atoms with Crippen LogP contribution in [0.5, 0.6) is 0 Å². The summed E-state index contributed by atoms with van der Waals surface area (Å²) in [6, 6.07) is 39.9. The summed E-state index contributed by atoms with van der Waals surface area (Å²) in [4.78, 5) is 59.3. The second-order valence-electron chi connectivity index (χ2n) is 13.5. The maximum absolute atomic E-state index is 11.4. The van der Waals surface area contributed by atoms with Gasteiger partial charge in [0, 0.05) is 61.6 Å². The number of methoxy groups -OCH3 is 1. The molecule has 0 aliphatic rings. The molecule has 21 heteroatoms. The van der Waals surface area contributed by atoms with Crippen molar-refractivity contribution < 1.29 is 49.3 Å². The minimum atomic E-state index is -1.43. The van der Waals surface area contributed by atoms with E-state index >= 15 is 0 Å². The number of carboxylic acid groups (broad SMARTS) is 3. The van der Waals surface area contributed by atoms with Crippen LogP contribution < -0.4 is 5.46 Å². The molecule has 8 aromatic rings. The van der Waals surface area contributed by atoms with E-state index in [1.165, 1.54) is 68.2 Å². The fourth-order valence-corrected chi connectivity index (χ4v) is 6.37. The van der Waals surface area contributed by atoms with Crippen molar-refractivity contribution in [3.63, 3.8) is 0 Å². The monoisotopic (exact) mass is 1060 g/mol. The Morgan fingerprint density at radius 1 is 0.443 bits per heavy atom. The minimum absolute atomic E-state index is 0. The maximum Gasteiger partial charge on any atom is 0.488 e. The fourth-order valence-electron chi connectivity index (χ4n) is 5.42.